The summed E-state index contributed by atoms with van der Waals surface area (Å²) in [5.74, 6) is 1.43. The second kappa shape index (κ2) is 7.47. The van der Waals surface area contributed by atoms with E-state index in [2.05, 4.69) is 60.7 Å². The molecule has 0 saturated heterocycles. The van der Waals surface area contributed by atoms with E-state index >= 15 is 0 Å². The van der Waals surface area contributed by atoms with Crippen LogP contribution < -0.4 is 20.1 Å². The molecule has 6 heteroatoms. The van der Waals surface area contributed by atoms with Crippen LogP contribution in [-0.2, 0) is 5.41 Å². The van der Waals surface area contributed by atoms with Gasteiger partial charge in [0.1, 0.15) is 5.82 Å². The Morgan fingerprint density at radius 1 is 0.931 bits per heavy atom. The lowest BCUT2D eigenvalue weighted by Crippen LogP contribution is -2.12. The van der Waals surface area contributed by atoms with Crippen LogP contribution in [-0.4, -0.2) is 17.7 Å². The van der Waals surface area contributed by atoms with Gasteiger partial charge in [-0.25, -0.2) is 4.98 Å². The molecular weight excluding hydrogens is 366 g/mol. The largest absolute Gasteiger partial charge is 0.454 e. The first-order valence-electron chi connectivity index (χ1n) is 9.43. The molecule has 4 rings (SSSR count). The predicted molar refractivity (Wildman–Crippen MR) is 113 cm³/mol. The van der Waals surface area contributed by atoms with Gasteiger partial charge in [-0.3, -0.25) is 4.79 Å². The van der Waals surface area contributed by atoms with Crippen LogP contribution in [0.25, 0.3) is 0 Å². The van der Waals surface area contributed by atoms with Crippen LogP contribution in [0.3, 0.4) is 0 Å². The number of benzene rings is 2. The summed E-state index contributed by atoms with van der Waals surface area (Å²) < 4.78 is 10.6. The number of nitrogens with zero attached hydrogens (tertiary/aromatic N) is 1. The van der Waals surface area contributed by atoms with E-state index < -0.39 is 0 Å². The first-order chi connectivity index (χ1) is 13.9. The van der Waals surface area contributed by atoms with Gasteiger partial charge in [0.25, 0.3) is 5.91 Å². The van der Waals surface area contributed by atoms with Crippen LogP contribution in [0, 0.1) is 0 Å². The number of amides is 1. The summed E-state index contributed by atoms with van der Waals surface area (Å²) in [4.78, 5) is 16.8. The standard InChI is InChI=1S/C23H23N3O3/c1-23(2,3)16-5-7-17(8-6-16)25-18-9-11-21(24-13-18)26-22(27)15-4-10-19-20(12-15)29-14-28-19/h4-13,25H,14H2,1-3H3,(H,24,26,27). The molecule has 0 saturated carbocycles. The van der Waals surface area contributed by atoms with Crippen LogP contribution in [0.1, 0.15) is 36.7 Å². The van der Waals surface area contributed by atoms with Gasteiger partial charge in [-0.15, -0.1) is 0 Å². The van der Waals surface area contributed by atoms with Crippen LogP contribution in [0.15, 0.2) is 60.8 Å². The number of carbonyl (C=O) groups excluding carboxylic acids is 1. The Hall–Kier alpha value is -3.54. The van der Waals surface area contributed by atoms with Gasteiger partial charge in [0.15, 0.2) is 11.5 Å². The molecule has 0 fully saturated rings. The SMILES string of the molecule is CC(C)(C)c1ccc(Nc2ccc(NC(=O)c3ccc4c(c3)OCO4)nc2)cc1. The summed E-state index contributed by atoms with van der Waals surface area (Å²) in [6.07, 6.45) is 1.69. The molecule has 1 aliphatic heterocycles. The van der Waals surface area contributed by atoms with Gasteiger partial charge in [0.05, 0.1) is 11.9 Å². The van der Waals surface area contributed by atoms with E-state index in [4.69, 9.17) is 9.47 Å². The van der Waals surface area contributed by atoms with Crippen molar-refractivity contribution in [3.05, 3.63) is 71.9 Å². The molecule has 0 bridgehead atoms. The molecular formula is C23H23N3O3. The van der Waals surface area contributed by atoms with Gasteiger partial charge in [0.2, 0.25) is 6.79 Å². The maximum atomic E-state index is 12.4. The van der Waals surface area contributed by atoms with Crippen molar-refractivity contribution in [3.63, 3.8) is 0 Å². The van der Waals surface area contributed by atoms with Crippen LogP contribution in [0.2, 0.25) is 0 Å². The zero-order valence-electron chi connectivity index (χ0n) is 16.7. The van der Waals surface area contributed by atoms with Crippen molar-refractivity contribution in [2.75, 3.05) is 17.4 Å². The maximum Gasteiger partial charge on any atom is 0.256 e. The number of hydrogen-bond acceptors (Lipinski definition) is 5. The Morgan fingerprint density at radius 3 is 2.34 bits per heavy atom. The Labute approximate surface area is 169 Å². The van der Waals surface area contributed by atoms with Gasteiger partial charge in [-0.2, -0.15) is 0 Å². The second-order valence-electron chi connectivity index (χ2n) is 7.91. The molecule has 2 heterocycles. The fourth-order valence-corrected chi connectivity index (χ4v) is 2.99. The zero-order valence-corrected chi connectivity index (χ0v) is 16.7. The lowest BCUT2D eigenvalue weighted by atomic mass is 9.87. The van der Waals surface area contributed by atoms with Gasteiger partial charge in [0, 0.05) is 11.3 Å². The summed E-state index contributed by atoms with van der Waals surface area (Å²) in [6, 6.07) is 17.1. The number of nitrogens with one attached hydrogen (secondary N) is 2. The minimum atomic E-state index is -0.255. The van der Waals surface area contributed by atoms with Crippen molar-refractivity contribution < 1.29 is 14.3 Å². The lowest BCUT2D eigenvalue weighted by Gasteiger charge is -2.19. The number of aromatic nitrogens is 1. The van der Waals surface area contributed by atoms with Gasteiger partial charge in [-0.05, 0) is 53.4 Å². The minimum absolute atomic E-state index is 0.123. The number of ether oxygens (including phenoxy) is 2. The smallest absolute Gasteiger partial charge is 0.256 e. The first kappa shape index (κ1) is 18.8. The highest BCUT2D eigenvalue weighted by Crippen LogP contribution is 2.32. The van der Waals surface area contributed by atoms with Crippen molar-refractivity contribution >= 4 is 23.1 Å². The first-order valence-corrected chi connectivity index (χ1v) is 9.43. The number of carbonyl (C=O) groups is 1. The summed E-state index contributed by atoms with van der Waals surface area (Å²) in [5, 5.41) is 6.11. The fourth-order valence-electron chi connectivity index (χ4n) is 2.99. The number of hydrogen-bond donors (Lipinski definition) is 2. The van der Waals surface area contributed by atoms with Crippen molar-refractivity contribution in [2.45, 2.75) is 26.2 Å². The highest BCUT2D eigenvalue weighted by Gasteiger charge is 2.16. The number of rotatable bonds is 4. The molecule has 148 valence electrons. The molecule has 6 nitrogen and oxygen atoms in total. The number of anilines is 3. The van der Waals surface area contributed by atoms with Crippen LogP contribution >= 0.6 is 0 Å². The Kier molecular flexibility index (Phi) is 4.84. The van der Waals surface area contributed by atoms with Crippen LogP contribution in [0.5, 0.6) is 11.5 Å². The zero-order chi connectivity index (χ0) is 20.4. The third-order valence-corrected chi connectivity index (χ3v) is 4.68. The van der Waals surface area contributed by atoms with E-state index in [1.54, 1.807) is 30.5 Å². The van der Waals surface area contributed by atoms with E-state index in [0.29, 0.717) is 22.9 Å². The Balaban J connectivity index is 1.39. The lowest BCUT2D eigenvalue weighted by molar-refractivity contribution is 0.102. The topological polar surface area (TPSA) is 72.5 Å². The molecule has 3 aromatic rings. The number of pyridine rings is 1. The maximum absolute atomic E-state index is 12.4. The summed E-state index contributed by atoms with van der Waals surface area (Å²) in [7, 11) is 0. The summed E-state index contributed by atoms with van der Waals surface area (Å²) in [6.45, 7) is 6.75. The third-order valence-electron chi connectivity index (χ3n) is 4.68. The van der Waals surface area contributed by atoms with Gasteiger partial charge < -0.3 is 20.1 Å². The second-order valence-corrected chi connectivity index (χ2v) is 7.91. The molecule has 2 aromatic carbocycles. The van der Waals surface area contributed by atoms with Crippen molar-refractivity contribution in [3.8, 4) is 11.5 Å². The van der Waals surface area contributed by atoms with Gasteiger partial charge >= 0.3 is 0 Å². The minimum Gasteiger partial charge on any atom is -0.454 e. The molecule has 0 radical (unpaired) electrons. The summed E-state index contributed by atoms with van der Waals surface area (Å²) in [5.41, 5.74) is 3.71. The molecule has 1 amide bonds. The monoisotopic (exact) mass is 389 g/mol. The normalized spacial score (nSPS) is 12.5. The third kappa shape index (κ3) is 4.32. The van der Waals surface area contributed by atoms with Crippen molar-refractivity contribution in [1.29, 1.82) is 0 Å². The summed E-state index contributed by atoms with van der Waals surface area (Å²) >= 11 is 0. The molecule has 0 aliphatic carbocycles. The molecule has 1 aliphatic rings. The molecule has 0 atom stereocenters. The van der Waals surface area contributed by atoms with E-state index in [1.165, 1.54) is 5.56 Å². The van der Waals surface area contributed by atoms with E-state index in [0.717, 1.165) is 11.4 Å². The quantitative estimate of drug-likeness (QED) is 0.649. The highest BCUT2D eigenvalue weighted by atomic mass is 16.7. The van der Waals surface area contributed by atoms with Crippen molar-refractivity contribution in [2.24, 2.45) is 0 Å². The predicted octanol–water partition coefficient (Wildman–Crippen LogP) is 5.10. The fraction of sp³-hybridized carbons (Fsp3) is 0.217. The average Bonchev–Trinajstić information content (AvgIpc) is 3.17. The van der Waals surface area contributed by atoms with Crippen molar-refractivity contribution in [1.82, 2.24) is 4.98 Å². The highest BCUT2D eigenvalue weighted by molar-refractivity contribution is 6.04. The van der Waals surface area contributed by atoms with E-state index in [1.807, 2.05) is 6.07 Å². The van der Waals surface area contributed by atoms with E-state index in [-0.39, 0.29) is 18.1 Å². The number of fused-ring (bicyclic) bond motifs is 1. The van der Waals surface area contributed by atoms with Gasteiger partial charge in [-0.1, -0.05) is 32.9 Å². The van der Waals surface area contributed by atoms with E-state index in [9.17, 15) is 4.79 Å². The molecule has 0 spiro atoms. The molecule has 1 aromatic heterocycles. The molecule has 2 N–H and O–H groups in total. The average molecular weight is 389 g/mol. The van der Waals surface area contributed by atoms with Crippen LogP contribution in [0.4, 0.5) is 17.2 Å². The Morgan fingerprint density at radius 2 is 1.66 bits per heavy atom. The molecule has 29 heavy (non-hydrogen) atoms. The molecule has 0 unspecified atom stereocenters. The Bertz CT molecular complexity index is 1020.